The third-order valence-corrected chi connectivity index (χ3v) is 3.12. The fourth-order valence-electron chi connectivity index (χ4n) is 2.01. The van der Waals surface area contributed by atoms with Crippen LogP contribution in [0, 0.1) is 18.8 Å². The van der Waals surface area contributed by atoms with Gasteiger partial charge in [-0.05, 0) is 30.2 Å². The van der Waals surface area contributed by atoms with Crippen LogP contribution in [0.15, 0.2) is 48.5 Å². The van der Waals surface area contributed by atoms with Crippen molar-refractivity contribution >= 4 is 11.6 Å². The summed E-state index contributed by atoms with van der Waals surface area (Å²) >= 11 is 0. The molecule has 0 aliphatic rings. The van der Waals surface area contributed by atoms with Gasteiger partial charge in [0.25, 0.3) is 0 Å². The number of hydrogen-bond donors (Lipinski definition) is 2. The largest absolute Gasteiger partial charge is 0.384 e. The van der Waals surface area contributed by atoms with E-state index in [1.165, 1.54) is 0 Å². The molecule has 0 saturated heterocycles. The van der Waals surface area contributed by atoms with Crippen molar-refractivity contribution in [1.29, 1.82) is 0 Å². The Labute approximate surface area is 124 Å². The van der Waals surface area contributed by atoms with E-state index in [-0.39, 0.29) is 12.5 Å². The number of aryl methyl sites for hydroxylation is 1. The molecular formula is C18H17NO2. The fraction of sp³-hybridized carbons (Fsp3) is 0.167. The number of aliphatic hydroxyl groups excluding tert-OH is 1. The summed E-state index contributed by atoms with van der Waals surface area (Å²) in [5, 5.41) is 11.6. The molecular weight excluding hydrogens is 262 g/mol. The molecule has 0 atom stereocenters. The molecule has 0 bridgehead atoms. The number of para-hydroxylation sites is 1. The molecule has 1 amide bonds. The van der Waals surface area contributed by atoms with Crippen LogP contribution in [0.1, 0.15) is 16.7 Å². The third-order valence-electron chi connectivity index (χ3n) is 3.12. The normalized spacial score (nSPS) is 9.62. The minimum absolute atomic E-state index is 0.0810. The van der Waals surface area contributed by atoms with Crippen molar-refractivity contribution in [3.8, 4) is 11.8 Å². The molecule has 2 aromatic rings. The van der Waals surface area contributed by atoms with Gasteiger partial charge in [-0.25, -0.2) is 0 Å². The summed E-state index contributed by atoms with van der Waals surface area (Å²) in [5.41, 5.74) is 3.47. The van der Waals surface area contributed by atoms with Crippen LogP contribution in [-0.2, 0) is 11.2 Å². The van der Waals surface area contributed by atoms with Gasteiger partial charge < -0.3 is 10.4 Å². The van der Waals surface area contributed by atoms with E-state index < -0.39 is 0 Å². The standard InChI is InChI=1S/C18H17NO2/c1-14-7-2-3-9-16(14)13-18(21)19-17-11-5-4-8-15(17)10-6-12-20/h2-5,7-9,11,20H,12-13H2,1H3,(H,19,21). The highest BCUT2D eigenvalue weighted by Gasteiger charge is 2.07. The molecule has 3 heteroatoms. The van der Waals surface area contributed by atoms with Gasteiger partial charge in [0.15, 0.2) is 0 Å². The molecule has 3 nitrogen and oxygen atoms in total. The van der Waals surface area contributed by atoms with Gasteiger partial charge in [0.2, 0.25) is 5.91 Å². The summed E-state index contributed by atoms with van der Waals surface area (Å²) in [6.45, 7) is 1.79. The molecule has 2 rings (SSSR count). The van der Waals surface area contributed by atoms with Gasteiger partial charge in [-0.3, -0.25) is 4.79 Å². The van der Waals surface area contributed by atoms with Crippen molar-refractivity contribution in [2.45, 2.75) is 13.3 Å². The number of rotatable bonds is 3. The van der Waals surface area contributed by atoms with Gasteiger partial charge in [-0.1, -0.05) is 48.2 Å². The predicted octanol–water partition coefficient (Wildman–Crippen LogP) is 2.52. The molecule has 2 N–H and O–H groups in total. The van der Waals surface area contributed by atoms with Gasteiger partial charge in [0.05, 0.1) is 12.1 Å². The summed E-state index contributed by atoms with van der Waals surface area (Å²) < 4.78 is 0. The summed E-state index contributed by atoms with van der Waals surface area (Å²) in [5.74, 6) is 5.34. The maximum atomic E-state index is 12.2. The maximum Gasteiger partial charge on any atom is 0.228 e. The zero-order valence-corrected chi connectivity index (χ0v) is 11.9. The van der Waals surface area contributed by atoms with Crippen LogP contribution in [0.2, 0.25) is 0 Å². The van der Waals surface area contributed by atoms with Crippen LogP contribution in [0.5, 0.6) is 0 Å². The Kier molecular flexibility index (Phi) is 5.14. The summed E-state index contributed by atoms with van der Waals surface area (Å²) in [4.78, 5) is 12.2. The molecule has 0 radical (unpaired) electrons. The third kappa shape index (κ3) is 4.20. The van der Waals surface area contributed by atoms with Crippen molar-refractivity contribution in [2.75, 3.05) is 11.9 Å². The number of anilines is 1. The molecule has 0 aliphatic carbocycles. The second-order valence-electron chi connectivity index (χ2n) is 4.66. The summed E-state index contributed by atoms with van der Waals surface area (Å²) in [6.07, 6.45) is 0.328. The van der Waals surface area contributed by atoms with E-state index in [0.29, 0.717) is 17.7 Å². The van der Waals surface area contributed by atoms with Gasteiger partial charge in [-0.15, -0.1) is 0 Å². The quantitative estimate of drug-likeness (QED) is 0.848. The molecule has 0 heterocycles. The molecule has 0 unspecified atom stereocenters. The average Bonchev–Trinajstić information content (AvgIpc) is 2.49. The van der Waals surface area contributed by atoms with E-state index in [0.717, 1.165) is 11.1 Å². The highest BCUT2D eigenvalue weighted by atomic mass is 16.2. The number of nitrogens with one attached hydrogen (secondary N) is 1. The molecule has 0 aromatic heterocycles. The van der Waals surface area contributed by atoms with E-state index in [9.17, 15) is 4.79 Å². The molecule has 2 aromatic carbocycles. The highest BCUT2D eigenvalue weighted by Crippen LogP contribution is 2.15. The fourth-order valence-corrected chi connectivity index (χ4v) is 2.01. The van der Waals surface area contributed by atoms with Gasteiger partial charge in [-0.2, -0.15) is 0 Å². The second kappa shape index (κ2) is 7.28. The lowest BCUT2D eigenvalue weighted by Gasteiger charge is -2.09. The Morgan fingerprint density at radius 2 is 1.86 bits per heavy atom. The van der Waals surface area contributed by atoms with Crippen molar-refractivity contribution in [1.82, 2.24) is 0 Å². The van der Waals surface area contributed by atoms with E-state index in [1.807, 2.05) is 49.4 Å². The minimum Gasteiger partial charge on any atom is -0.384 e. The van der Waals surface area contributed by atoms with E-state index >= 15 is 0 Å². The molecule has 106 valence electrons. The Balaban J connectivity index is 2.12. The number of benzene rings is 2. The first kappa shape index (κ1) is 14.8. The highest BCUT2D eigenvalue weighted by molar-refractivity contribution is 5.93. The van der Waals surface area contributed by atoms with E-state index in [4.69, 9.17) is 5.11 Å². The van der Waals surface area contributed by atoms with Crippen molar-refractivity contribution in [2.24, 2.45) is 0 Å². The van der Waals surface area contributed by atoms with E-state index in [1.54, 1.807) is 6.07 Å². The topological polar surface area (TPSA) is 49.3 Å². The zero-order chi connectivity index (χ0) is 15.1. The summed E-state index contributed by atoms with van der Waals surface area (Å²) in [7, 11) is 0. The summed E-state index contributed by atoms with van der Waals surface area (Å²) in [6, 6.07) is 15.1. The minimum atomic E-state index is -0.203. The van der Waals surface area contributed by atoms with Crippen molar-refractivity contribution < 1.29 is 9.90 Å². The molecule has 0 saturated carbocycles. The van der Waals surface area contributed by atoms with Crippen LogP contribution in [-0.4, -0.2) is 17.6 Å². The Bertz CT molecular complexity index is 696. The van der Waals surface area contributed by atoms with Crippen LogP contribution in [0.25, 0.3) is 0 Å². The van der Waals surface area contributed by atoms with Crippen LogP contribution < -0.4 is 5.32 Å². The molecule has 0 aliphatic heterocycles. The first-order valence-corrected chi connectivity index (χ1v) is 6.74. The predicted molar refractivity (Wildman–Crippen MR) is 83.9 cm³/mol. The first-order chi connectivity index (χ1) is 10.2. The van der Waals surface area contributed by atoms with Crippen LogP contribution >= 0.6 is 0 Å². The molecule has 21 heavy (non-hydrogen) atoms. The first-order valence-electron chi connectivity index (χ1n) is 6.74. The smallest absolute Gasteiger partial charge is 0.228 e. The number of carbonyl (C=O) groups excluding carboxylic acids is 1. The SMILES string of the molecule is Cc1ccccc1CC(=O)Nc1ccccc1C#CCO. The van der Waals surface area contributed by atoms with Crippen LogP contribution in [0.3, 0.4) is 0 Å². The lowest BCUT2D eigenvalue weighted by Crippen LogP contribution is -2.15. The van der Waals surface area contributed by atoms with Gasteiger partial charge in [0, 0.05) is 5.56 Å². The number of aliphatic hydroxyl groups is 1. The second-order valence-corrected chi connectivity index (χ2v) is 4.66. The molecule has 0 fully saturated rings. The number of carbonyl (C=O) groups is 1. The van der Waals surface area contributed by atoms with Crippen molar-refractivity contribution in [3.05, 3.63) is 65.2 Å². The Morgan fingerprint density at radius 3 is 2.62 bits per heavy atom. The van der Waals surface area contributed by atoms with E-state index in [2.05, 4.69) is 17.2 Å². The Hall–Kier alpha value is -2.57. The molecule has 0 spiro atoms. The Morgan fingerprint density at radius 1 is 1.14 bits per heavy atom. The maximum absolute atomic E-state index is 12.2. The lowest BCUT2D eigenvalue weighted by atomic mass is 10.1. The number of hydrogen-bond acceptors (Lipinski definition) is 2. The monoisotopic (exact) mass is 279 g/mol. The van der Waals surface area contributed by atoms with Crippen molar-refractivity contribution in [3.63, 3.8) is 0 Å². The zero-order valence-electron chi connectivity index (χ0n) is 11.9. The van der Waals surface area contributed by atoms with Crippen LogP contribution in [0.4, 0.5) is 5.69 Å². The van der Waals surface area contributed by atoms with Gasteiger partial charge >= 0.3 is 0 Å². The average molecular weight is 279 g/mol. The van der Waals surface area contributed by atoms with Gasteiger partial charge in [0.1, 0.15) is 6.61 Å². The number of amides is 1. The lowest BCUT2D eigenvalue weighted by molar-refractivity contribution is -0.115.